The molecule has 27 heavy (non-hydrogen) atoms. The maximum absolute atomic E-state index is 10.9. The molecule has 0 bridgehead atoms. The van der Waals surface area contributed by atoms with E-state index in [0.29, 0.717) is 13.0 Å². The lowest BCUT2D eigenvalue weighted by atomic mass is 9.91. The van der Waals surface area contributed by atoms with Gasteiger partial charge in [-0.05, 0) is 56.1 Å². The second-order valence-electron chi connectivity index (χ2n) is 7.35. The summed E-state index contributed by atoms with van der Waals surface area (Å²) in [5.74, 6) is 1.000. The highest BCUT2D eigenvalue weighted by molar-refractivity contribution is 5.50. The quantitative estimate of drug-likeness (QED) is 0.529. The fraction of sp³-hybridized carbons (Fsp3) is 0.591. The van der Waals surface area contributed by atoms with Crippen molar-refractivity contribution in [2.24, 2.45) is 11.8 Å². The molecule has 5 unspecified atom stereocenters. The lowest BCUT2D eigenvalue weighted by Crippen LogP contribution is -2.30. The average molecular weight is 374 g/mol. The van der Waals surface area contributed by atoms with Crippen LogP contribution in [-0.2, 0) is 14.3 Å². The van der Waals surface area contributed by atoms with Gasteiger partial charge in [0, 0.05) is 13.0 Å². The molecule has 148 valence electrons. The Balaban J connectivity index is 1.61. The summed E-state index contributed by atoms with van der Waals surface area (Å²) >= 11 is 0. The summed E-state index contributed by atoms with van der Waals surface area (Å²) < 4.78 is 17.7. The Bertz CT molecular complexity index is 582. The highest BCUT2D eigenvalue weighted by Gasteiger charge is 2.33. The SMILES string of the molecule is O=CCC1C(O)CCC1C=CC(COc1ccccc1)OC1CCCCO1. The van der Waals surface area contributed by atoms with Gasteiger partial charge in [-0.3, -0.25) is 0 Å². The van der Waals surface area contributed by atoms with Crippen molar-refractivity contribution in [2.45, 2.75) is 57.0 Å². The Morgan fingerprint density at radius 1 is 1.19 bits per heavy atom. The van der Waals surface area contributed by atoms with Crippen LogP contribution in [0, 0.1) is 11.8 Å². The summed E-state index contributed by atoms with van der Waals surface area (Å²) in [7, 11) is 0. The van der Waals surface area contributed by atoms with Gasteiger partial charge in [0.1, 0.15) is 24.7 Å². The second-order valence-corrected chi connectivity index (χ2v) is 7.35. The first-order chi connectivity index (χ1) is 13.3. The molecule has 5 atom stereocenters. The van der Waals surface area contributed by atoms with E-state index < -0.39 is 6.10 Å². The lowest BCUT2D eigenvalue weighted by Gasteiger charge is -2.27. The average Bonchev–Trinajstić information content (AvgIpc) is 3.06. The summed E-state index contributed by atoms with van der Waals surface area (Å²) in [4.78, 5) is 10.9. The zero-order valence-corrected chi connectivity index (χ0v) is 15.7. The van der Waals surface area contributed by atoms with Crippen LogP contribution in [0.1, 0.15) is 38.5 Å². The van der Waals surface area contributed by atoms with Crippen LogP contribution in [0.4, 0.5) is 0 Å². The van der Waals surface area contributed by atoms with Gasteiger partial charge in [-0.25, -0.2) is 0 Å². The Morgan fingerprint density at radius 2 is 2.04 bits per heavy atom. The Kier molecular flexibility index (Phi) is 7.87. The highest BCUT2D eigenvalue weighted by atomic mass is 16.7. The van der Waals surface area contributed by atoms with Crippen molar-refractivity contribution in [3.8, 4) is 5.75 Å². The number of carbonyl (C=O) groups excluding carboxylic acids is 1. The van der Waals surface area contributed by atoms with Crippen LogP contribution in [0.15, 0.2) is 42.5 Å². The first kappa shape index (κ1) is 20.1. The number of aliphatic hydroxyl groups excluding tert-OH is 1. The topological polar surface area (TPSA) is 65.0 Å². The van der Waals surface area contributed by atoms with E-state index in [1.165, 1.54) is 0 Å². The molecule has 1 heterocycles. The van der Waals surface area contributed by atoms with Gasteiger partial charge in [-0.2, -0.15) is 0 Å². The lowest BCUT2D eigenvalue weighted by molar-refractivity contribution is -0.182. The molecule has 0 spiro atoms. The van der Waals surface area contributed by atoms with Crippen molar-refractivity contribution < 1.29 is 24.1 Å². The third kappa shape index (κ3) is 6.16. The number of aliphatic hydroxyl groups is 1. The highest BCUT2D eigenvalue weighted by Crippen LogP contribution is 2.35. The fourth-order valence-electron chi connectivity index (χ4n) is 3.87. The van der Waals surface area contributed by atoms with Crippen LogP contribution in [0.3, 0.4) is 0 Å². The van der Waals surface area contributed by atoms with Crippen molar-refractivity contribution >= 4 is 6.29 Å². The minimum atomic E-state index is -0.397. The van der Waals surface area contributed by atoms with Gasteiger partial charge in [0.05, 0.1) is 6.10 Å². The van der Waals surface area contributed by atoms with Gasteiger partial charge in [0.2, 0.25) is 0 Å². The maximum atomic E-state index is 10.9. The van der Waals surface area contributed by atoms with Crippen molar-refractivity contribution in [3.05, 3.63) is 42.5 Å². The van der Waals surface area contributed by atoms with Crippen molar-refractivity contribution in [1.29, 1.82) is 0 Å². The zero-order valence-electron chi connectivity index (χ0n) is 15.7. The van der Waals surface area contributed by atoms with Crippen molar-refractivity contribution in [3.63, 3.8) is 0 Å². The van der Waals surface area contributed by atoms with Gasteiger partial charge in [-0.1, -0.05) is 30.4 Å². The number of para-hydroxylation sites is 1. The Labute approximate surface area is 161 Å². The molecule has 5 nitrogen and oxygen atoms in total. The van der Waals surface area contributed by atoms with Crippen LogP contribution in [-0.4, -0.2) is 43.1 Å². The second kappa shape index (κ2) is 10.6. The molecule has 0 amide bonds. The van der Waals surface area contributed by atoms with Crippen LogP contribution in [0.2, 0.25) is 0 Å². The number of hydrogen-bond acceptors (Lipinski definition) is 5. The number of allylic oxidation sites excluding steroid dienone is 1. The molecular weight excluding hydrogens is 344 g/mol. The largest absolute Gasteiger partial charge is 0.491 e. The molecule has 5 heteroatoms. The first-order valence-electron chi connectivity index (χ1n) is 10.0. The molecule has 2 aliphatic rings. The molecule has 1 aliphatic carbocycles. The molecule has 1 aromatic carbocycles. The summed E-state index contributed by atoms with van der Waals surface area (Å²) in [5, 5.41) is 10.1. The number of ether oxygens (including phenoxy) is 3. The zero-order chi connectivity index (χ0) is 18.9. The molecule has 0 radical (unpaired) electrons. The van der Waals surface area contributed by atoms with Crippen LogP contribution in [0.5, 0.6) is 5.75 Å². The van der Waals surface area contributed by atoms with E-state index in [2.05, 4.69) is 6.08 Å². The molecule has 1 aliphatic heterocycles. The van der Waals surface area contributed by atoms with E-state index in [1.807, 2.05) is 36.4 Å². The Hall–Kier alpha value is -1.69. The summed E-state index contributed by atoms with van der Waals surface area (Å²) in [6, 6.07) is 9.68. The predicted octanol–water partition coefficient (Wildman–Crippen LogP) is 3.51. The van der Waals surface area contributed by atoms with E-state index in [9.17, 15) is 9.90 Å². The fourth-order valence-corrected chi connectivity index (χ4v) is 3.87. The van der Waals surface area contributed by atoms with Crippen molar-refractivity contribution in [2.75, 3.05) is 13.2 Å². The summed E-state index contributed by atoms with van der Waals surface area (Å²) in [6.07, 6.45) is 9.29. The molecule has 1 aromatic rings. The maximum Gasteiger partial charge on any atom is 0.158 e. The van der Waals surface area contributed by atoms with E-state index >= 15 is 0 Å². The summed E-state index contributed by atoms with van der Waals surface area (Å²) in [6.45, 7) is 1.13. The Morgan fingerprint density at radius 3 is 2.78 bits per heavy atom. The molecule has 1 N–H and O–H groups in total. The normalized spacial score (nSPS) is 29.7. The van der Waals surface area contributed by atoms with E-state index in [1.54, 1.807) is 0 Å². The molecule has 0 aromatic heterocycles. The minimum absolute atomic E-state index is 0.000345. The van der Waals surface area contributed by atoms with Crippen molar-refractivity contribution in [1.82, 2.24) is 0 Å². The monoisotopic (exact) mass is 374 g/mol. The van der Waals surface area contributed by atoms with E-state index in [-0.39, 0.29) is 24.2 Å². The summed E-state index contributed by atoms with van der Waals surface area (Å²) in [5.41, 5.74) is 0. The van der Waals surface area contributed by atoms with Gasteiger partial charge < -0.3 is 24.1 Å². The minimum Gasteiger partial charge on any atom is -0.491 e. The number of rotatable bonds is 9. The van der Waals surface area contributed by atoms with Gasteiger partial charge in [-0.15, -0.1) is 0 Å². The van der Waals surface area contributed by atoms with Gasteiger partial charge >= 0.3 is 0 Å². The molecule has 1 saturated carbocycles. The van der Waals surface area contributed by atoms with E-state index in [4.69, 9.17) is 14.2 Å². The number of hydrogen-bond donors (Lipinski definition) is 1. The van der Waals surface area contributed by atoms with Gasteiger partial charge in [0.25, 0.3) is 0 Å². The molecule has 2 fully saturated rings. The molecule has 1 saturated heterocycles. The number of carbonyl (C=O) groups is 1. The van der Waals surface area contributed by atoms with Crippen LogP contribution in [0.25, 0.3) is 0 Å². The number of benzene rings is 1. The standard InChI is InChI=1S/C22H30O5/c23-14-13-20-17(10-12-21(20)24)9-11-19(27-22-8-4-5-15-25-22)16-26-18-6-2-1-3-7-18/h1-3,6-7,9,11,14,17,19-22,24H,4-5,8,10,12-13,15-16H2. The van der Waals surface area contributed by atoms with E-state index in [0.717, 1.165) is 50.7 Å². The van der Waals surface area contributed by atoms with Gasteiger partial charge in [0.15, 0.2) is 6.29 Å². The van der Waals surface area contributed by atoms with Crippen LogP contribution >= 0.6 is 0 Å². The van der Waals surface area contributed by atoms with Crippen LogP contribution < -0.4 is 4.74 Å². The number of aldehydes is 1. The predicted molar refractivity (Wildman–Crippen MR) is 102 cm³/mol. The molecule has 3 rings (SSSR count). The first-order valence-corrected chi connectivity index (χ1v) is 10.0. The smallest absolute Gasteiger partial charge is 0.158 e. The third-order valence-corrected chi connectivity index (χ3v) is 5.40. The third-order valence-electron chi connectivity index (χ3n) is 5.40. The molecular formula is C22H30O5.